The van der Waals surface area contributed by atoms with Gasteiger partial charge in [-0.15, -0.1) is 0 Å². The molecule has 2 atom stereocenters. The lowest BCUT2D eigenvalue weighted by Gasteiger charge is -2.23. The van der Waals surface area contributed by atoms with Gasteiger partial charge in [0.1, 0.15) is 5.76 Å². The van der Waals surface area contributed by atoms with Crippen LogP contribution in [0, 0.1) is 0 Å². The fourth-order valence-corrected chi connectivity index (χ4v) is 2.27. The molecule has 1 aromatic heterocycles. The summed E-state index contributed by atoms with van der Waals surface area (Å²) in [5.74, 6) is 0.615. The predicted octanol–water partition coefficient (Wildman–Crippen LogP) is 2.12. The number of hydrogen-bond donors (Lipinski definition) is 2. The molecule has 0 saturated heterocycles. The van der Waals surface area contributed by atoms with Gasteiger partial charge in [0.15, 0.2) is 0 Å². The molecule has 5 heteroatoms. The molecular weight excluding hydrogens is 280 g/mol. The second-order valence-electron chi connectivity index (χ2n) is 5.43. The maximum atomic E-state index is 12.0. The highest BCUT2D eigenvalue weighted by atomic mass is 16.3. The van der Waals surface area contributed by atoms with Crippen molar-refractivity contribution in [3.8, 4) is 0 Å². The van der Waals surface area contributed by atoms with Gasteiger partial charge in [-0.2, -0.15) is 0 Å². The van der Waals surface area contributed by atoms with Crippen LogP contribution in [0.1, 0.15) is 29.9 Å². The van der Waals surface area contributed by atoms with Crippen LogP contribution < -0.4 is 5.32 Å². The van der Waals surface area contributed by atoms with Gasteiger partial charge < -0.3 is 14.8 Å². The molecule has 1 amide bonds. The Bertz CT molecular complexity index is 567. The summed E-state index contributed by atoms with van der Waals surface area (Å²) in [6.07, 6.45) is 0.873. The highest BCUT2D eigenvalue weighted by Crippen LogP contribution is 2.19. The zero-order valence-corrected chi connectivity index (χ0v) is 12.9. The van der Waals surface area contributed by atoms with Crippen molar-refractivity contribution in [2.45, 2.75) is 18.6 Å². The van der Waals surface area contributed by atoms with Gasteiger partial charge in [-0.1, -0.05) is 30.3 Å². The standard InChI is InChI=1S/C17H22N2O3/c1-19(2)14(16-9-6-10-22-16)12-18-17(21)11-15(20)13-7-4-3-5-8-13/h3-10,14-15,20H,11-12H2,1-2H3,(H,18,21). The Balaban J connectivity index is 1.86. The van der Waals surface area contributed by atoms with E-state index in [1.54, 1.807) is 6.26 Å². The molecule has 0 radical (unpaired) electrons. The molecule has 0 aliphatic rings. The fraction of sp³-hybridized carbons (Fsp3) is 0.353. The lowest BCUT2D eigenvalue weighted by atomic mass is 10.1. The average molecular weight is 302 g/mol. The minimum absolute atomic E-state index is 0.0344. The van der Waals surface area contributed by atoms with Gasteiger partial charge in [-0.05, 0) is 31.8 Å². The summed E-state index contributed by atoms with van der Waals surface area (Å²) in [6.45, 7) is 0.431. The van der Waals surface area contributed by atoms with Crippen LogP contribution in [0.5, 0.6) is 0 Å². The molecular formula is C17H22N2O3. The van der Waals surface area contributed by atoms with Gasteiger partial charge in [0.25, 0.3) is 0 Å². The van der Waals surface area contributed by atoms with Gasteiger partial charge in [0.2, 0.25) is 5.91 Å². The second kappa shape index (κ2) is 7.77. The second-order valence-corrected chi connectivity index (χ2v) is 5.43. The topological polar surface area (TPSA) is 65.7 Å². The fourth-order valence-electron chi connectivity index (χ4n) is 2.27. The van der Waals surface area contributed by atoms with Gasteiger partial charge in [0.05, 0.1) is 24.8 Å². The van der Waals surface area contributed by atoms with E-state index in [2.05, 4.69) is 5.32 Å². The Morgan fingerprint density at radius 1 is 1.23 bits per heavy atom. The molecule has 0 bridgehead atoms. The maximum absolute atomic E-state index is 12.0. The van der Waals surface area contributed by atoms with Crippen LogP contribution >= 0.6 is 0 Å². The number of carbonyl (C=O) groups is 1. The molecule has 1 aromatic carbocycles. The van der Waals surface area contributed by atoms with Crippen molar-refractivity contribution >= 4 is 5.91 Å². The van der Waals surface area contributed by atoms with Crippen LogP contribution in [-0.4, -0.2) is 36.6 Å². The van der Waals surface area contributed by atoms with Crippen molar-refractivity contribution in [2.75, 3.05) is 20.6 Å². The van der Waals surface area contributed by atoms with E-state index in [0.29, 0.717) is 6.54 Å². The Kier molecular flexibility index (Phi) is 5.75. The molecule has 118 valence electrons. The first-order valence-electron chi connectivity index (χ1n) is 7.27. The Hall–Kier alpha value is -2.11. The van der Waals surface area contributed by atoms with Crippen molar-refractivity contribution in [1.29, 1.82) is 0 Å². The Labute approximate surface area is 130 Å². The van der Waals surface area contributed by atoms with Crippen LogP contribution in [0.4, 0.5) is 0 Å². The van der Waals surface area contributed by atoms with E-state index >= 15 is 0 Å². The summed E-state index contributed by atoms with van der Waals surface area (Å²) in [7, 11) is 3.86. The van der Waals surface area contributed by atoms with Gasteiger partial charge in [0, 0.05) is 6.54 Å². The first kappa shape index (κ1) is 16.3. The third kappa shape index (κ3) is 4.44. The summed E-state index contributed by atoms with van der Waals surface area (Å²) in [5, 5.41) is 12.9. The van der Waals surface area contributed by atoms with Crippen LogP contribution in [-0.2, 0) is 4.79 Å². The summed E-state index contributed by atoms with van der Waals surface area (Å²) < 4.78 is 5.40. The Morgan fingerprint density at radius 2 is 1.95 bits per heavy atom. The summed E-state index contributed by atoms with van der Waals surface area (Å²) in [6, 6.07) is 12.9. The highest BCUT2D eigenvalue weighted by Gasteiger charge is 2.19. The van der Waals surface area contributed by atoms with E-state index in [1.807, 2.05) is 61.5 Å². The number of furan rings is 1. The molecule has 2 unspecified atom stereocenters. The van der Waals surface area contributed by atoms with Gasteiger partial charge in [-0.25, -0.2) is 0 Å². The molecule has 0 saturated carbocycles. The van der Waals surface area contributed by atoms with Crippen LogP contribution in [0.15, 0.2) is 53.1 Å². The minimum atomic E-state index is -0.789. The molecule has 2 rings (SSSR count). The van der Waals surface area contributed by atoms with Crippen LogP contribution in [0.25, 0.3) is 0 Å². The number of carbonyl (C=O) groups excluding carboxylic acids is 1. The van der Waals surface area contributed by atoms with Crippen molar-refractivity contribution in [2.24, 2.45) is 0 Å². The third-order valence-corrected chi connectivity index (χ3v) is 3.55. The van der Waals surface area contributed by atoms with Gasteiger partial charge >= 0.3 is 0 Å². The van der Waals surface area contributed by atoms with E-state index in [4.69, 9.17) is 4.42 Å². The maximum Gasteiger partial charge on any atom is 0.223 e. The number of aliphatic hydroxyl groups is 1. The number of amides is 1. The lowest BCUT2D eigenvalue weighted by molar-refractivity contribution is -0.123. The first-order valence-corrected chi connectivity index (χ1v) is 7.27. The van der Waals surface area contributed by atoms with E-state index in [-0.39, 0.29) is 18.4 Å². The summed E-state index contributed by atoms with van der Waals surface area (Å²) in [4.78, 5) is 14.0. The SMILES string of the molecule is CN(C)C(CNC(=O)CC(O)c1ccccc1)c1ccco1. The third-order valence-electron chi connectivity index (χ3n) is 3.55. The quantitative estimate of drug-likeness (QED) is 0.822. The Morgan fingerprint density at radius 3 is 2.55 bits per heavy atom. The first-order chi connectivity index (χ1) is 10.6. The highest BCUT2D eigenvalue weighted by molar-refractivity contribution is 5.76. The zero-order chi connectivity index (χ0) is 15.9. The van der Waals surface area contributed by atoms with E-state index in [1.165, 1.54) is 0 Å². The van der Waals surface area contributed by atoms with Gasteiger partial charge in [-0.3, -0.25) is 9.69 Å². The molecule has 2 aromatic rings. The van der Waals surface area contributed by atoms with Crippen molar-refractivity contribution < 1.29 is 14.3 Å². The number of aliphatic hydroxyl groups excluding tert-OH is 1. The molecule has 1 heterocycles. The summed E-state index contributed by atoms with van der Waals surface area (Å²) in [5.41, 5.74) is 0.743. The number of benzene rings is 1. The largest absolute Gasteiger partial charge is 0.468 e. The van der Waals surface area contributed by atoms with Crippen molar-refractivity contribution in [1.82, 2.24) is 10.2 Å². The number of hydrogen-bond acceptors (Lipinski definition) is 4. The molecule has 0 aliphatic carbocycles. The number of nitrogens with one attached hydrogen (secondary N) is 1. The normalized spacial score (nSPS) is 13.8. The smallest absolute Gasteiger partial charge is 0.223 e. The number of likely N-dealkylation sites (N-methyl/N-ethyl adjacent to an activating group) is 1. The van der Waals surface area contributed by atoms with Crippen molar-refractivity contribution in [3.05, 3.63) is 60.1 Å². The van der Waals surface area contributed by atoms with E-state index in [0.717, 1.165) is 11.3 Å². The van der Waals surface area contributed by atoms with Crippen LogP contribution in [0.3, 0.4) is 0 Å². The van der Waals surface area contributed by atoms with E-state index < -0.39 is 6.10 Å². The molecule has 0 aliphatic heterocycles. The van der Waals surface area contributed by atoms with Crippen LogP contribution in [0.2, 0.25) is 0 Å². The summed E-state index contributed by atoms with van der Waals surface area (Å²) >= 11 is 0. The molecule has 0 fully saturated rings. The zero-order valence-electron chi connectivity index (χ0n) is 12.9. The lowest BCUT2D eigenvalue weighted by Crippen LogP contribution is -2.34. The minimum Gasteiger partial charge on any atom is -0.468 e. The van der Waals surface area contributed by atoms with E-state index in [9.17, 15) is 9.90 Å². The molecule has 22 heavy (non-hydrogen) atoms. The molecule has 5 nitrogen and oxygen atoms in total. The number of rotatable bonds is 7. The average Bonchev–Trinajstić information content (AvgIpc) is 3.02. The predicted molar refractivity (Wildman–Crippen MR) is 84.2 cm³/mol. The monoisotopic (exact) mass is 302 g/mol. The number of nitrogens with zero attached hydrogens (tertiary/aromatic N) is 1. The molecule has 2 N–H and O–H groups in total. The molecule has 0 spiro atoms. The van der Waals surface area contributed by atoms with Crippen molar-refractivity contribution in [3.63, 3.8) is 0 Å².